The number of amides is 1. The van der Waals surface area contributed by atoms with Crippen LogP contribution in [-0.2, 0) is 4.79 Å². The first-order chi connectivity index (χ1) is 15.8. The lowest BCUT2D eigenvalue weighted by Crippen LogP contribution is -2.27. The molecule has 0 aliphatic carbocycles. The Bertz CT molecular complexity index is 1480. The summed E-state index contributed by atoms with van der Waals surface area (Å²) in [6.45, 7) is 5.69. The molecule has 5 rings (SSSR count). The van der Waals surface area contributed by atoms with Crippen LogP contribution in [-0.4, -0.2) is 31.0 Å². The van der Waals surface area contributed by atoms with Gasteiger partial charge in [-0.1, -0.05) is 35.5 Å². The van der Waals surface area contributed by atoms with Crippen molar-refractivity contribution in [3.8, 4) is 5.69 Å². The van der Waals surface area contributed by atoms with Gasteiger partial charge in [0.1, 0.15) is 11.2 Å². The SMILES string of the molecule is Cc1ccc(-n2ncc3c(=O)n4c(nc32)SCC4CC(=O)Nc2ccc(C)c(F)c2)c(C)c1. The predicted octanol–water partition coefficient (Wildman–Crippen LogP) is 4.32. The molecule has 9 heteroatoms. The standard InChI is InChI=1S/C24H22FN5O2S/c1-13-4-7-20(15(3)8-13)30-22-18(11-26-30)23(32)29-17(12-33-24(29)28-22)10-21(31)27-16-6-5-14(2)19(25)9-16/h4-9,11,17H,10,12H2,1-3H3,(H,27,31). The molecular weight excluding hydrogens is 441 g/mol. The molecule has 33 heavy (non-hydrogen) atoms. The first-order valence-corrected chi connectivity index (χ1v) is 11.6. The van der Waals surface area contributed by atoms with Gasteiger partial charge in [-0.15, -0.1) is 0 Å². The Hall–Kier alpha value is -3.46. The van der Waals surface area contributed by atoms with Crippen molar-refractivity contribution in [1.29, 1.82) is 0 Å². The first kappa shape index (κ1) is 21.4. The highest BCUT2D eigenvalue weighted by Crippen LogP contribution is 2.34. The second-order valence-electron chi connectivity index (χ2n) is 8.33. The van der Waals surface area contributed by atoms with Gasteiger partial charge in [0.25, 0.3) is 5.56 Å². The van der Waals surface area contributed by atoms with Gasteiger partial charge in [0.2, 0.25) is 5.91 Å². The number of nitrogens with zero attached hydrogens (tertiary/aromatic N) is 4. The van der Waals surface area contributed by atoms with Crippen molar-refractivity contribution < 1.29 is 9.18 Å². The average Bonchev–Trinajstić information content (AvgIpc) is 3.36. The lowest BCUT2D eigenvalue weighted by Gasteiger charge is -2.14. The van der Waals surface area contributed by atoms with Crippen LogP contribution in [0.25, 0.3) is 16.7 Å². The second-order valence-corrected chi connectivity index (χ2v) is 9.32. The minimum atomic E-state index is -0.377. The maximum atomic E-state index is 13.8. The summed E-state index contributed by atoms with van der Waals surface area (Å²) in [5, 5.41) is 8.13. The van der Waals surface area contributed by atoms with Crippen LogP contribution >= 0.6 is 11.8 Å². The summed E-state index contributed by atoms with van der Waals surface area (Å²) < 4.78 is 17.1. The van der Waals surface area contributed by atoms with Crippen molar-refractivity contribution in [3.05, 3.63) is 75.5 Å². The van der Waals surface area contributed by atoms with Crippen molar-refractivity contribution in [2.45, 2.75) is 38.4 Å². The fraction of sp³-hybridized carbons (Fsp3) is 0.250. The summed E-state index contributed by atoms with van der Waals surface area (Å²) in [5.74, 6) is -0.102. The van der Waals surface area contributed by atoms with Crippen LogP contribution in [0.2, 0.25) is 0 Å². The highest BCUT2D eigenvalue weighted by atomic mass is 32.2. The van der Waals surface area contributed by atoms with E-state index in [9.17, 15) is 14.0 Å². The van der Waals surface area contributed by atoms with Crippen LogP contribution in [0.3, 0.4) is 0 Å². The van der Waals surface area contributed by atoms with Crippen molar-refractivity contribution in [2.24, 2.45) is 0 Å². The molecular formula is C24H22FN5O2S. The van der Waals surface area contributed by atoms with Crippen molar-refractivity contribution in [3.63, 3.8) is 0 Å². The van der Waals surface area contributed by atoms with Gasteiger partial charge in [-0.2, -0.15) is 5.10 Å². The minimum Gasteiger partial charge on any atom is -0.326 e. The molecule has 1 aliphatic rings. The summed E-state index contributed by atoms with van der Waals surface area (Å²) in [7, 11) is 0. The minimum absolute atomic E-state index is 0.0911. The Labute approximate surface area is 193 Å². The van der Waals surface area contributed by atoms with Crippen molar-refractivity contribution >= 4 is 34.4 Å². The number of nitrogens with one attached hydrogen (secondary N) is 1. The largest absolute Gasteiger partial charge is 0.326 e. The van der Waals surface area contributed by atoms with E-state index in [4.69, 9.17) is 4.98 Å². The van der Waals surface area contributed by atoms with E-state index >= 15 is 0 Å². The van der Waals surface area contributed by atoms with Gasteiger partial charge in [0, 0.05) is 17.9 Å². The molecule has 0 saturated heterocycles. The third kappa shape index (κ3) is 3.82. The van der Waals surface area contributed by atoms with Crippen molar-refractivity contribution in [1.82, 2.24) is 19.3 Å². The molecule has 1 atom stereocenters. The van der Waals surface area contributed by atoms with E-state index in [2.05, 4.69) is 16.5 Å². The zero-order valence-electron chi connectivity index (χ0n) is 18.4. The topological polar surface area (TPSA) is 81.8 Å². The highest BCUT2D eigenvalue weighted by molar-refractivity contribution is 7.99. The van der Waals surface area contributed by atoms with E-state index in [-0.39, 0.29) is 29.7 Å². The Kier molecular flexibility index (Phi) is 5.28. The van der Waals surface area contributed by atoms with Crippen LogP contribution in [0, 0.1) is 26.6 Å². The Morgan fingerprint density at radius 1 is 1.18 bits per heavy atom. The molecule has 1 unspecified atom stereocenters. The average molecular weight is 464 g/mol. The maximum Gasteiger partial charge on any atom is 0.265 e. The Balaban J connectivity index is 1.45. The number of aryl methyl sites for hydroxylation is 3. The van der Waals surface area contributed by atoms with E-state index in [1.807, 2.05) is 26.0 Å². The van der Waals surface area contributed by atoms with Gasteiger partial charge in [-0.05, 0) is 50.1 Å². The number of rotatable bonds is 4. The fourth-order valence-corrected chi connectivity index (χ4v) is 5.23. The van der Waals surface area contributed by atoms with E-state index < -0.39 is 0 Å². The van der Waals surface area contributed by atoms with Crippen LogP contribution in [0.15, 0.2) is 52.5 Å². The molecule has 0 saturated carbocycles. The van der Waals surface area contributed by atoms with Gasteiger partial charge in [-0.3, -0.25) is 14.2 Å². The number of carbonyl (C=O) groups is 1. The van der Waals surface area contributed by atoms with Crippen molar-refractivity contribution in [2.75, 3.05) is 11.1 Å². The third-order valence-electron chi connectivity index (χ3n) is 5.83. The zero-order chi connectivity index (χ0) is 23.3. The van der Waals surface area contributed by atoms with Crippen LogP contribution in [0.5, 0.6) is 0 Å². The number of carbonyl (C=O) groups excluding carboxylic acids is 1. The van der Waals surface area contributed by atoms with Gasteiger partial charge < -0.3 is 5.32 Å². The van der Waals surface area contributed by atoms with E-state index in [1.54, 1.807) is 28.3 Å². The van der Waals surface area contributed by atoms with E-state index in [0.717, 1.165) is 16.8 Å². The summed E-state index contributed by atoms with van der Waals surface area (Å²) in [6, 6.07) is 10.3. The molecule has 168 valence electrons. The second kappa shape index (κ2) is 8.15. The number of halogens is 1. The molecule has 3 heterocycles. The zero-order valence-corrected chi connectivity index (χ0v) is 19.2. The number of benzene rings is 2. The smallest absolute Gasteiger partial charge is 0.265 e. The molecule has 2 aromatic heterocycles. The summed E-state index contributed by atoms with van der Waals surface area (Å²) >= 11 is 1.44. The fourth-order valence-electron chi connectivity index (χ4n) is 4.10. The molecule has 0 fully saturated rings. The van der Waals surface area contributed by atoms with Crippen LogP contribution in [0.4, 0.5) is 10.1 Å². The Morgan fingerprint density at radius 2 is 2.00 bits per heavy atom. The molecule has 1 N–H and O–H groups in total. The van der Waals surface area contributed by atoms with Crippen LogP contribution in [0.1, 0.15) is 29.2 Å². The van der Waals surface area contributed by atoms with Gasteiger partial charge >= 0.3 is 0 Å². The number of hydrogen-bond donors (Lipinski definition) is 1. The number of thioether (sulfide) groups is 1. The highest BCUT2D eigenvalue weighted by Gasteiger charge is 2.29. The number of hydrogen-bond acceptors (Lipinski definition) is 5. The van der Waals surface area contributed by atoms with Gasteiger partial charge in [-0.25, -0.2) is 14.1 Å². The van der Waals surface area contributed by atoms with Gasteiger partial charge in [0.15, 0.2) is 10.8 Å². The quantitative estimate of drug-likeness (QED) is 0.456. The third-order valence-corrected chi connectivity index (χ3v) is 6.93. The molecule has 1 aliphatic heterocycles. The molecule has 4 aromatic rings. The van der Waals surface area contributed by atoms with E-state index in [1.165, 1.54) is 24.0 Å². The van der Waals surface area contributed by atoms with Gasteiger partial charge in [0.05, 0.1) is 17.9 Å². The molecule has 0 bridgehead atoms. The normalized spacial score (nSPS) is 15.1. The molecule has 2 aromatic carbocycles. The number of anilines is 1. The van der Waals surface area contributed by atoms with E-state index in [0.29, 0.717) is 33.2 Å². The predicted molar refractivity (Wildman–Crippen MR) is 127 cm³/mol. The van der Waals surface area contributed by atoms with Crippen LogP contribution < -0.4 is 10.9 Å². The molecule has 0 radical (unpaired) electrons. The lowest BCUT2D eigenvalue weighted by molar-refractivity contribution is -0.116. The number of aromatic nitrogens is 4. The lowest BCUT2D eigenvalue weighted by atomic mass is 10.1. The monoisotopic (exact) mass is 463 g/mol. The Morgan fingerprint density at radius 3 is 2.76 bits per heavy atom. The molecule has 7 nitrogen and oxygen atoms in total. The summed E-state index contributed by atoms with van der Waals surface area (Å²) in [6.07, 6.45) is 1.63. The summed E-state index contributed by atoms with van der Waals surface area (Å²) in [5.41, 5.74) is 4.25. The summed E-state index contributed by atoms with van der Waals surface area (Å²) in [4.78, 5) is 30.6. The maximum absolute atomic E-state index is 13.8. The molecule has 0 spiro atoms. The first-order valence-electron chi connectivity index (χ1n) is 10.6. The number of fused-ring (bicyclic) bond motifs is 2. The molecule has 1 amide bonds.